The molecule has 1 amide bonds. The first-order valence-corrected chi connectivity index (χ1v) is 10.8. The second-order valence-electron chi connectivity index (χ2n) is 6.96. The highest BCUT2D eigenvalue weighted by molar-refractivity contribution is 7.92. The zero-order valence-electron chi connectivity index (χ0n) is 16.1. The number of carbonyl (C=O) groups is 1. The summed E-state index contributed by atoms with van der Waals surface area (Å²) in [6.07, 6.45) is 1.74. The number of halogens is 1. The molecule has 3 rings (SSSR count). The van der Waals surface area contributed by atoms with E-state index < -0.39 is 15.8 Å². The van der Waals surface area contributed by atoms with Gasteiger partial charge in [0.15, 0.2) is 11.6 Å². The molecule has 8 heteroatoms. The van der Waals surface area contributed by atoms with Crippen LogP contribution in [-0.2, 0) is 16.4 Å². The molecule has 1 aliphatic rings. The molecule has 1 aliphatic heterocycles. The monoisotopic (exact) mass is 406 g/mol. The average Bonchev–Trinajstić information content (AvgIpc) is 2.97. The Balaban J connectivity index is 1.66. The molecule has 1 unspecified atom stereocenters. The molecule has 0 fully saturated rings. The maximum Gasteiger partial charge on any atom is 0.253 e. The zero-order valence-corrected chi connectivity index (χ0v) is 16.9. The number of ether oxygens (including phenoxy) is 1. The van der Waals surface area contributed by atoms with Crippen LogP contribution in [0.1, 0.15) is 22.8 Å². The SMILES string of the molecule is CC1Cc2cc(C(=O)N(C)CCOc3ccccc3F)ccc2N1S(C)(=O)=O. The first kappa shape index (κ1) is 20.1. The third-order valence-corrected chi connectivity index (χ3v) is 5.98. The number of hydrogen-bond donors (Lipinski definition) is 0. The number of benzene rings is 2. The molecule has 2 aromatic carbocycles. The Morgan fingerprint density at radius 2 is 2.00 bits per heavy atom. The zero-order chi connectivity index (χ0) is 20.5. The van der Waals surface area contributed by atoms with E-state index in [0.29, 0.717) is 17.7 Å². The number of hydrogen-bond acceptors (Lipinski definition) is 4. The Morgan fingerprint density at radius 1 is 1.29 bits per heavy atom. The second-order valence-corrected chi connectivity index (χ2v) is 8.82. The number of carbonyl (C=O) groups excluding carboxylic acids is 1. The summed E-state index contributed by atoms with van der Waals surface area (Å²) in [5.74, 6) is -0.499. The Bertz CT molecular complexity index is 993. The molecule has 0 aromatic heterocycles. The minimum absolute atomic E-state index is 0.149. The predicted octanol–water partition coefficient (Wildman–Crippen LogP) is 2.69. The Morgan fingerprint density at radius 3 is 2.68 bits per heavy atom. The first-order chi connectivity index (χ1) is 13.2. The number of nitrogens with zero attached hydrogens (tertiary/aromatic N) is 2. The minimum Gasteiger partial charge on any atom is -0.489 e. The first-order valence-electron chi connectivity index (χ1n) is 8.93. The summed E-state index contributed by atoms with van der Waals surface area (Å²) < 4.78 is 44.3. The fraction of sp³-hybridized carbons (Fsp3) is 0.350. The topological polar surface area (TPSA) is 66.9 Å². The van der Waals surface area contributed by atoms with E-state index >= 15 is 0 Å². The highest BCUT2D eigenvalue weighted by Gasteiger charge is 2.33. The lowest BCUT2D eigenvalue weighted by Gasteiger charge is -2.22. The van der Waals surface area contributed by atoms with Crippen LogP contribution in [-0.4, -0.2) is 51.7 Å². The normalized spacial score (nSPS) is 16.0. The molecule has 2 aromatic rings. The summed E-state index contributed by atoms with van der Waals surface area (Å²) in [4.78, 5) is 14.2. The summed E-state index contributed by atoms with van der Waals surface area (Å²) in [6, 6.07) is 11.0. The van der Waals surface area contributed by atoms with Crippen molar-refractivity contribution in [3.05, 3.63) is 59.4 Å². The number of amides is 1. The van der Waals surface area contributed by atoms with Crippen molar-refractivity contribution >= 4 is 21.6 Å². The van der Waals surface area contributed by atoms with E-state index in [-0.39, 0.29) is 30.9 Å². The standard InChI is InChI=1S/C20H23FN2O4S/c1-14-12-16-13-15(8-9-18(16)23(14)28(3,25)26)20(24)22(2)10-11-27-19-7-5-4-6-17(19)21/h4-9,13-14H,10-12H2,1-3H3. The van der Waals surface area contributed by atoms with Gasteiger partial charge in [0.05, 0.1) is 18.5 Å². The summed E-state index contributed by atoms with van der Waals surface area (Å²) >= 11 is 0. The van der Waals surface area contributed by atoms with Gasteiger partial charge in [-0.2, -0.15) is 0 Å². The maximum atomic E-state index is 13.6. The number of para-hydroxylation sites is 1. The highest BCUT2D eigenvalue weighted by Crippen LogP contribution is 2.34. The maximum absolute atomic E-state index is 13.6. The highest BCUT2D eigenvalue weighted by atomic mass is 32.2. The molecule has 0 saturated heterocycles. The molecule has 0 aliphatic carbocycles. The van der Waals surface area contributed by atoms with Crippen LogP contribution in [0.5, 0.6) is 5.75 Å². The average molecular weight is 406 g/mol. The van der Waals surface area contributed by atoms with Gasteiger partial charge in [-0.1, -0.05) is 12.1 Å². The summed E-state index contributed by atoms with van der Waals surface area (Å²) in [5, 5.41) is 0. The van der Waals surface area contributed by atoms with Crippen molar-refractivity contribution < 1.29 is 22.3 Å². The minimum atomic E-state index is -3.37. The van der Waals surface area contributed by atoms with Crippen LogP contribution in [0, 0.1) is 5.82 Å². The van der Waals surface area contributed by atoms with E-state index in [1.54, 1.807) is 37.4 Å². The number of likely N-dealkylation sites (N-methyl/N-ethyl adjacent to an activating group) is 1. The number of anilines is 1. The third kappa shape index (κ3) is 4.11. The molecule has 1 heterocycles. The largest absolute Gasteiger partial charge is 0.489 e. The molecule has 6 nitrogen and oxygen atoms in total. The van der Waals surface area contributed by atoms with Gasteiger partial charge in [-0.05, 0) is 49.2 Å². The fourth-order valence-corrected chi connectivity index (χ4v) is 4.68. The molecular formula is C20H23FN2O4S. The van der Waals surface area contributed by atoms with Gasteiger partial charge >= 0.3 is 0 Å². The van der Waals surface area contributed by atoms with E-state index in [0.717, 1.165) is 5.56 Å². The van der Waals surface area contributed by atoms with Gasteiger partial charge < -0.3 is 9.64 Å². The second kappa shape index (κ2) is 7.79. The van der Waals surface area contributed by atoms with Gasteiger partial charge in [-0.3, -0.25) is 9.10 Å². The van der Waals surface area contributed by atoms with E-state index in [2.05, 4.69) is 0 Å². The van der Waals surface area contributed by atoms with E-state index in [1.165, 1.54) is 27.6 Å². The van der Waals surface area contributed by atoms with Crippen LogP contribution in [0.25, 0.3) is 0 Å². The van der Waals surface area contributed by atoms with Crippen LogP contribution >= 0.6 is 0 Å². The van der Waals surface area contributed by atoms with Crippen molar-refractivity contribution in [3.63, 3.8) is 0 Å². The van der Waals surface area contributed by atoms with E-state index in [1.807, 2.05) is 6.92 Å². The fourth-order valence-electron chi connectivity index (χ4n) is 3.42. The van der Waals surface area contributed by atoms with Gasteiger partial charge in [0.2, 0.25) is 10.0 Å². The lowest BCUT2D eigenvalue weighted by atomic mass is 10.1. The Kier molecular flexibility index (Phi) is 5.60. The molecule has 0 radical (unpaired) electrons. The summed E-state index contributed by atoms with van der Waals surface area (Å²) in [6.45, 7) is 2.29. The predicted molar refractivity (Wildman–Crippen MR) is 106 cm³/mol. The summed E-state index contributed by atoms with van der Waals surface area (Å²) in [5.41, 5.74) is 1.94. The van der Waals surface area contributed by atoms with Crippen molar-refractivity contribution in [1.29, 1.82) is 0 Å². The smallest absolute Gasteiger partial charge is 0.253 e. The molecule has 0 N–H and O–H groups in total. The lowest BCUT2D eigenvalue weighted by molar-refractivity contribution is 0.0773. The van der Waals surface area contributed by atoms with E-state index in [4.69, 9.17) is 4.74 Å². The molecule has 28 heavy (non-hydrogen) atoms. The van der Waals surface area contributed by atoms with Gasteiger partial charge in [-0.25, -0.2) is 12.8 Å². The van der Waals surface area contributed by atoms with Crippen LogP contribution in [0.4, 0.5) is 10.1 Å². The van der Waals surface area contributed by atoms with Gasteiger partial charge in [0.1, 0.15) is 6.61 Å². The lowest BCUT2D eigenvalue weighted by Crippen LogP contribution is -2.34. The van der Waals surface area contributed by atoms with Crippen molar-refractivity contribution in [1.82, 2.24) is 4.90 Å². The van der Waals surface area contributed by atoms with E-state index in [9.17, 15) is 17.6 Å². The van der Waals surface area contributed by atoms with Gasteiger partial charge in [-0.15, -0.1) is 0 Å². The number of fused-ring (bicyclic) bond motifs is 1. The summed E-state index contributed by atoms with van der Waals surface area (Å²) in [7, 11) is -1.72. The van der Waals surface area contributed by atoms with Crippen molar-refractivity contribution in [2.75, 3.05) is 30.8 Å². The Labute approximate surface area is 164 Å². The molecule has 0 saturated carbocycles. The van der Waals surface area contributed by atoms with Gasteiger partial charge in [0, 0.05) is 18.7 Å². The third-order valence-electron chi connectivity index (χ3n) is 4.70. The van der Waals surface area contributed by atoms with Crippen LogP contribution < -0.4 is 9.04 Å². The quantitative estimate of drug-likeness (QED) is 0.740. The molecule has 0 bridgehead atoms. The molecule has 0 spiro atoms. The molecule has 150 valence electrons. The van der Waals surface area contributed by atoms with Crippen molar-refractivity contribution in [3.8, 4) is 5.75 Å². The molecule has 1 atom stereocenters. The van der Waals surface area contributed by atoms with Crippen LogP contribution in [0.2, 0.25) is 0 Å². The van der Waals surface area contributed by atoms with Crippen LogP contribution in [0.3, 0.4) is 0 Å². The number of sulfonamides is 1. The van der Waals surface area contributed by atoms with Crippen molar-refractivity contribution in [2.24, 2.45) is 0 Å². The van der Waals surface area contributed by atoms with Gasteiger partial charge in [0.25, 0.3) is 5.91 Å². The number of rotatable bonds is 6. The Hall–Kier alpha value is -2.61. The molecular weight excluding hydrogens is 383 g/mol. The van der Waals surface area contributed by atoms with Crippen LogP contribution in [0.15, 0.2) is 42.5 Å². The van der Waals surface area contributed by atoms with Crippen molar-refractivity contribution in [2.45, 2.75) is 19.4 Å².